The van der Waals surface area contributed by atoms with Crippen LogP contribution in [0.15, 0.2) is 33.6 Å². The monoisotopic (exact) mass is 330 g/mol. The van der Waals surface area contributed by atoms with Gasteiger partial charge in [0.2, 0.25) is 5.91 Å². The van der Waals surface area contributed by atoms with Gasteiger partial charge in [-0.3, -0.25) is 4.79 Å². The summed E-state index contributed by atoms with van der Waals surface area (Å²) in [7, 11) is 0. The quantitative estimate of drug-likeness (QED) is 0.756. The highest BCUT2D eigenvalue weighted by Crippen LogP contribution is 2.24. The Kier molecular flexibility index (Phi) is 7.39. The zero-order valence-electron chi connectivity index (χ0n) is 10.5. The summed E-state index contributed by atoms with van der Waals surface area (Å²) in [6.07, 6.45) is 1.27. The SMILES string of the molecule is CC(CNC(=O)CCCN)Sc1ccc(Br)cc1. The van der Waals surface area contributed by atoms with Gasteiger partial charge in [-0.1, -0.05) is 22.9 Å². The maximum Gasteiger partial charge on any atom is 0.220 e. The number of hydrogen-bond donors (Lipinski definition) is 2. The van der Waals surface area contributed by atoms with E-state index in [1.54, 1.807) is 11.8 Å². The van der Waals surface area contributed by atoms with E-state index in [1.165, 1.54) is 4.90 Å². The minimum atomic E-state index is 0.0868. The first-order chi connectivity index (χ1) is 8.61. The molecule has 0 aromatic heterocycles. The van der Waals surface area contributed by atoms with E-state index in [9.17, 15) is 4.79 Å². The maximum absolute atomic E-state index is 11.4. The highest BCUT2D eigenvalue weighted by atomic mass is 79.9. The number of halogens is 1. The Hall–Kier alpha value is -0.520. The lowest BCUT2D eigenvalue weighted by Crippen LogP contribution is -2.29. The van der Waals surface area contributed by atoms with E-state index in [0.29, 0.717) is 24.8 Å². The molecule has 0 aliphatic heterocycles. The predicted molar refractivity (Wildman–Crippen MR) is 80.8 cm³/mol. The summed E-state index contributed by atoms with van der Waals surface area (Å²) >= 11 is 5.17. The third-order valence-electron chi connectivity index (χ3n) is 2.35. The van der Waals surface area contributed by atoms with E-state index in [2.05, 4.69) is 40.3 Å². The lowest BCUT2D eigenvalue weighted by atomic mass is 10.3. The van der Waals surface area contributed by atoms with Gasteiger partial charge in [0.1, 0.15) is 0 Å². The molecule has 5 heteroatoms. The van der Waals surface area contributed by atoms with Crippen LogP contribution in [-0.2, 0) is 4.79 Å². The number of rotatable bonds is 7. The summed E-state index contributed by atoms with van der Waals surface area (Å²) in [6.45, 7) is 3.36. The fourth-order valence-corrected chi connectivity index (χ4v) is 2.58. The van der Waals surface area contributed by atoms with Crippen LogP contribution in [0.5, 0.6) is 0 Å². The van der Waals surface area contributed by atoms with Crippen LogP contribution in [0.2, 0.25) is 0 Å². The first kappa shape index (κ1) is 15.5. The Labute approximate surface area is 121 Å². The third-order valence-corrected chi connectivity index (χ3v) is 3.99. The van der Waals surface area contributed by atoms with E-state index in [4.69, 9.17) is 5.73 Å². The first-order valence-electron chi connectivity index (χ1n) is 6.01. The Bertz CT molecular complexity index is 370. The normalized spacial score (nSPS) is 12.2. The fourth-order valence-electron chi connectivity index (χ4n) is 1.40. The number of nitrogens with one attached hydrogen (secondary N) is 1. The molecular weight excluding hydrogens is 312 g/mol. The van der Waals surface area contributed by atoms with Crippen molar-refractivity contribution in [3.63, 3.8) is 0 Å². The zero-order chi connectivity index (χ0) is 13.4. The highest BCUT2D eigenvalue weighted by molar-refractivity contribution is 9.10. The number of amides is 1. The Morgan fingerprint density at radius 3 is 2.72 bits per heavy atom. The topological polar surface area (TPSA) is 55.1 Å². The highest BCUT2D eigenvalue weighted by Gasteiger charge is 2.06. The molecule has 0 fully saturated rings. The molecule has 100 valence electrons. The van der Waals surface area contributed by atoms with Crippen LogP contribution in [0.3, 0.4) is 0 Å². The van der Waals surface area contributed by atoms with Gasteiger partial charge in [0.05, 0.1) is 0 Å². The van der Waals surface area contributed by atoms with Gasteiger partial charge in [-0.25, -0.2) is 0 Å². The predicted octanol–water partition coefficient (Wildman–Crippen LogP) is 2.78. The van der Waals surface area contributed by atoms with Gasteiger partial charge in [0.25, 0.3) is 0 Å². The van der Waals surface area contributed by atoms with Crippen molar-refractivity contribution in [3.8, 4) is 0 Å². The molecular formula is C13H19BrN2OS. The van der Waals surface area contributed by atoms with Crippen LogP contribution in [0, 0.1) is 0 Å². The van der Waals surface area contributed by atoms with E-state index in [-0.39, 0.29) is 5.91 Å². The number of thioether (sulfide) groups is 1. The molecule has 0 spiro atoms. The van der Waals surface area contributed by atoms with Crippen LogP contribution in [0.1, 0.15) is 19.8 Å². The largest absolute Gasteiger partial charge is 0.355 e. The van der Waals surface area contributed by atoms with Crippen molar-refractivity contribution in [2.75, 3.05) is 13.1 Å². The lowest BCUT2D eigenvalue weighted by Gasteiger charge is -2.12. The van der Waals surface area contributed by atoms with Gasteiger partial charge in [-0.2, -0.15) is 0 Å². The Morgan fingerprint density at radius 2 is 2.11 bits per heavy atom. The number of nitrogens with two attached hydrogens (primary N) is 1. The van der Waals surface area contributed by atoms with Crippen molar-refractivity contribution in [1.29, 1.82) is 0 Å². The van der Waals surface area contributed by atoms with Crippen molar-refractivity contribution in [2.45, 2.75) is 29.9 Å². The molecule has 0 heterocycles. The lowest BCUT2D eigenvalue weighted by molar-refractivity contribution is -0.121. The molecule has 1 aromatic carbocycles. The second-order valence-electron chi connectivity index (χ2n) is 4.08. The summed E-state index contributed by atoms with van der Waals surface area (Å²) in [5.41, 5.74) is 5.36. The molecule has 0 aliphatic rings. The van der Waals surface area contributed by atoms with Crippen molar-refractivity contribution in [3.05, 3.63) is 28.7 Å². The van der Waals surface area contributed by atoms with E-state index in [0.717, 1.165) is 10.9 Å². The van der Waals surface area contributed by atoms with E-state index < -0.39 is 0 Å². The van der Waals surface area contributed by atoms with Gasteiger partial charge in [0, 0.05) is 27.6 Å². The average molecular weight is 331 g/mol. The average Bonchev–Trinajstić information content (AvgIpc) is 2.36. The smallest absolute Gasteiger partial charge is 0.220 e. The molecule has 3 nitrogen and oxygen atoms in total. The van der Waals surface area contributed by atoms with Gasteiger partial charge >= 0.3 is 0 Å². The minimum absolute atomic E-state index is 0.0868. The van der Waals surface area contributed by atoms with Crippen molar-refractivity contribution < 1.29 is 4.79 Å². The van der Waals surface area contributed by atoms with Crippen molar-refractivity contribution in [2.24, 2.45) is 5.73 Å². The second-order valence-corrected chi connectivity index (χ2v) is 6.51. The molecule has 1 aromatic rings. The van der Waals surface area contributed by atoms with Crippen molar-refractivity contribution >= 4 is 33.6 Å². The summed E-state index contributed by atoms with van der Waals surface area (Å²) < 4.78 is 1.08. The van der Waals surface area contributed by atoms with Crippen LogP contribution in [0.25, 0.3) is 0 Å². The third kappa shape index (κ3) is 6.42. The van der Waals surface area contributed by atoms with Crippen molar-refractivity contribution in [1.82, 2.24) is 5.32 Å². The molecule has 0 saturated heterocycles. The summed E-state index contributed by atoms with van der Waals surface area (Å²) in [5, 5.41) is 3.28. The number of benzene rings is 1. The van der Waals surface area contributed by atoms with Gasteiger partial charge in [0.15, 0.2) is 0 Å². The van der Waals surface area contributed by atoms with Crippen LogP contribution in [0.4, 0.5) is 0 Å². The molecule has 0 bridgehead atoms. The summed E-state index contributed by atoms with van der Waals surface area (Å²) in [5.74, 6) is 0.0868. The standard InChI is InChI=1S/C13H19BrN2OS/c1-10(9-16-13(17)3-2-8-15)18-12-6-4-11(14)5-7-12/h4-7,10H,2-3,8-9,15H2,1H3,(H,16,17). The van der Waals surface area contributed by atoms with Crippen LogP contribution < -0.4 is 11.1 Å². The van der Waals surface area contributed by atoms with Crippen LogP contribution >= 0.6 is 27.7 Å². The molecule has 1 amide bonds. The minimum Gasteiger partial charge on any atom is -0.355 e. The number of hydrogen-bond acceptors (Lipinski definition) is 3. The van der Waals surface area contributed by atoms with Gasteiger partial charge < -0.3 is 11.1 Å². The van der Waals surface area contributed by atoms with Crippen LogP contribution in [-0.4, -0.2) is 24.2 Å². The Balaban J connectivity index is 2.27. The molecule has 3 N–H and O–H groups in total. The molecule has 1 atom stereocenters. The first-order valence-corrected chi connectivity index (χ1v) is 7.68. The number of carbonyl (C=O) groups is 1. The molecule has 0 radical (unpaired) electrons. The number of carbonyl (C=O) groups excluding carboxylic acids is 1. The van der Waals surface area contributed by atoms with Gasteiger partial charge in [-0.05, 0) is 37.2 Å². The molecule has 1 rings (SSSR count). The molecule has 0 aliphatic carbocycles. The zero-order valence-corrected chi connectivity index (χ0v) is 12.9. The maximum atomic E-state index is 11.4. The molecule has 0 saturated carbocycles. The Morgan fingerprint density at radius 1 is 1.44 bits per heavy atom. The summed E-state index contributed by atoms with van der Waals surface area (Å²) in [6, 6.07) is 8.19. The van der Waals surface area contributed by atoms with E-state index in [1.807, 2.05) is 12.1 Å². The van der Waals surface area contributed by atoms with Gasteiger partial charge in [-0.15, -0.1) is 11.8 Å². The molecule has 18 heavy (non-hydrogen) atoms. The van der Waals surface area contributed by atoms with E-state index >= 15 is 0 Å². The second kappa shape index (κ2) is 8.56. The molecule has 1 unspecified atom stereocenters. The fraction of sp³-hybridized carbons (Fsp3) is 0.462. The summed E-state index contributed by atoms with van der Waals surface area (Å²) in [4.78, 5) is 12.6.